The highest BCUT2D eigenvalue weighted by atomic mass is 19.1. The van der Waals surface area contributed by atoms with Crippen molar-refractivity contribution in [1.29, 1.82) is 0 Å². The summed E-state index contributed by atoms with van der Waals surface area (Å²) in [7, 11) is 0. The van der Waals surface area contributed by atoms with Gasteiger partial charge in [-0.05, 0) is 13.0 Å². The molecule has 0 aliphatic carbocycles. The van der Waals surface area contributed by atoms with Crippen molar-refractivity contribution in [1.82, 2.24) is 15.3 Å². The summed E-state index contributed by atoms with van der Waals surface area (Å²) in [6, 6.07) is 9.85. The van der Waals surface area contributed by atoms with Crippen LogP contribution in [-0.4, -0.2) is 16.0 Å². The molecule has 2 amide bonds. The maximum Gasteiger partial charge on any atom is 0.319 e. The van der Waals surface area contributed by atoms with Gasteiger partial charge in [-0.1, -0.05) is 30.3 Å². The first-order chi connectivity index (χ1) is 11.6. The quantitative estimate of drug-likeness (QED) is 0.765. The monoisotopic (exact) mass is 326 g/mol. The van der Waals surface area contributed by atoms with Gasteiger partial charge in [0.2, 0.25) is 5.89 Å². The number of pyridine rings is 1. The number of oxazole rings is 1. The third kappa shape index (κ3) is 3.57. The SMILES string of the molecule is C[C@H](NC(=O)Nc1ccncc1F)c1ncc(-c2ccccc2)o1. The molecule has 3 aromatic rings. The average Bonchev–Trinajstić information content (AvgIpc) is 3.08. The van der Waals surface area contributed by atoms with Crippen LogP contribution in [0.5, 0.6) is 0 Å². The molecule has 0 radical (unpaired) electrons. The fourth-order valence-electron chi connectivity index (χ4n) is 2.12. The molecule has 24 heavy (non-hydrogen) atoms. The molecule has 3 rings (SSSR count). The van der Waals surface area contributed by atoms with E-state index in [1.165, 1.54) is 12.3 Å². The summed E-state index contributed by atoms with van der Waals surface area (Å²) in [4.78, 5) is 19.7. The van der Waals surface area contributed by atoms with E-state index in [1.54, 1.807) is 13.1 Å². The van der Waals surface area contributed by atoms with Gasteiger partial charge in [0.1, 0.15) is 6.04 Å². The Morgan fingerprint density at radius 1 is 1.21 bits per heavy atom. The molecule has 2 aromatic heterocycles. The van der Waals surface area contributed by atoms with Crippen molar-refractivity contribution < 1.29 is 13.6 Å². The van der Waals surface area contributed by atoms with Gasteiger partial charge in [-0.2, -0.15) is 0 Å². The van der Waals surface area contributed by atoms with E-state index >= 15 is 0 Å². The number of halogens is 1. The molecule has 0 unspecified atom stereocenters. The Balaban J connectivity index is 1.65. The summed E-state index contributed by atoms with van der Waals surface area (Å²) < 4.78 is 19.1. The van der Waals surface area contributed by atoms with E-state index in [2.05, 4.69) is 20.6 Å². The van der Waals surface area contributed by atoms with Gasteiger partial charge < -0.3 is 15.1 Å². The summed E-state index contributed by atoms with van der Waals surface area (Å²) in [6.45, 7) is 1.73. The molecule has 0 bridgehead atoms. The van der Waals surface area contributed by atoms with Crippen LogP contribution in [-0.2, 0) is 0 Å². The number of anilines is 1. The molecule has 0 aliphatic heterocycles. The number of amides is 2. The minimum atomic E-state index is -0.609. The Labute approximate surface area is 137 Å². The van der Waals surface area contributed by atoms with Crippen LogP contribution in [0.3, 0.4) is 0 Å². The molecule has 0 saturated carbocycles. The Bertz CT molecular complexity index is 835. The Morgan fingerprint density at radius 3 is 2.75 bits per heavy atom. The van der Waals surface area contributed by atoms with Crippen LogP contribution in [0.1, 0.15) is 18.9 Å². The molecule has 6 nitrogen and oxygen atoms in total. The number of hydrogen-bond donors (Lipinski definition) is 2. The van der Waals surface area contributed by atoms with Crippen molar-refractivity contribution in [2.45, 2.75) is 13.0 Å². The third-order valence-electron chi connectivity index (χ3n) is 3.32. The van der Waals surface area contributed by atoms with Crippen molar-refractivity contribution in [2.75, 3.05) is 5.32 Å². The summed E-state index contributed by atoms with van der Waals surface area (Å²) in [5, 5.41) is 5.06. The second-order valence-electron chi connectivity index (χ2n) is 5.10. The molecular weight excluding hydrogens is 311 g/mol. The smallest absolute Gasteiger partial charge is 0.319 e. The predicted octanol–water partition coefficient (Wildman–Crippen LogP) is 3.76. The highest BCUT2D eigenvalue weighted by Gasteiger charge is 2.16. The van der Waals surface area contributed by atoms with E-state index in [0.29, 0.717) is 11.7 Å². The molecule has 2 heterocycles. The zero-order chi connectivity index (χ0) is 16.9. The first-order valence-corrected chi connectivity index (χ1v) is 7.31. The van der Waals surface area contributed by atoms with Crippen molar-refractivity contribution >= 4 is 11.7 Å². The lowest BCUT2D eigenvalue weighted by atomic mass is 10.2. The second kappa shape index (κ2) is 6.91. The number of urea groups is 1. The molecule has 1 atom stereocenters. The Morgan fingerprint density at radius 2 is 2.00 bits per heavy atom. The topological polar surface area (TPSA) is 80.0 Å². The standard InChI is InChI=1S/C17H15FN4O2/c1-11(21-17(23)22-14-7-8-19-9-13(14)18)16-20-10-15(24-16)12-5-3-2-4-6-12/h2-11H,1H3,(H2,19,21,22,23)/t11-/m0/s1. The zero-order valence-electron chi connectivity index (χ0n) is 12.9. The van der Waals surface area contributed by atoms with Crippen LogP contribution in [0.4, 0.5) is 14.9 Å². The van der Waals surface area contributed by atoms with Gasteiger partial charge in [0.05, 0.1) is 18.1 Å². The maximum absolute atomic E-state index is 13.5. The van der Waals surface area contributed by atoms with E-state index in [0.717, 1.165) is 11.8 Å². The lowest BCUT2D eigenvalue weighted by molar-refractivity contribution is 0.247. The van der Waals surface area contributed by atoms with Crippen LogP contribution in [0.25, 0.3) is 11.3 Å². The second-order valence-corrected chi connectivity index (χ2v) is 5.10. The minimum Gasteiger partial charge on any atom is -0.438 e. The van der Waals surface area contributed by atoms with E-state index in [4.69, 9.17) is 4.42 Å². The fraction of sp³-hybridized carbons (Fsp3) is 0.118. The Hall–Kier alpha value is -3.22. The van der Waals surface area contributed by atoms with Crippen molar-refractivity contribution in [3.05, 3.63) is 66.7 Å². The number of benzene rings is 1. The lowest BCUT2D eigenvalue weighted by Gasteiger charge is -2.12. The molecule has 0 saturated heterocycles. The van der Waals surface area contributed by atoms with Crippen LogP contribution >= 0.6 is 0 Å². The largest absolute Gasteiger partial charge is 0.438 e. The number of hydrogen-bond acceptors (Lipinski definition) is 4. The lowest BCUT2D eigenvalue weighted by Crippen LogP contribution is -2.31. The van der Waals surface area contributed by atoms with E-state index in [-0.39, 0.29) is 5.69 Å². The van der Waals surface area contributed by atoms with E-state index in [9.17, 15) is 9.18 Å². The van der Waals surface area contributed by atoms with Gasteiger partial charge in [0, 0.05) is 11.8 Å². The highest BCUT2D eigenvalue weighted by Crippen LogP contribution is 2.22. The highest BCUT2D eigenvalue weighted by molar-refractivity contribution is 5.89. The minimum absolute atomic E-state index is 0.0482. The predicted molar refractivity (Wildman–Crippen MR) is 86.7 cm³/mol. The summed E-state index contributed by atoms with van der Waals surface area (Å²) in [5.41, 5.74) is 0.943. The van der Waals surface area contributed by atoms with Crippen molar-refractivity contribution in [3.63, 3.8) is 0 Å². The summed E-state index contributed by atoms with van der Waals surface area (Å²) in [5.74, 6) is 0.363. The number of aromatic nitrogens is 2. The number of nitrogens with one attached hydrogen (secondary N) is 2. The maximum atomic E-state index is 13.5. The van der Waals surface area contributed by atoms with Crippen LogP contribution in [0, 0.1) is 5.82 Å². The average molecular weight is 326 g/mol. The van der Waals surface area contributed by atoms with Gasteiger partial charge in [-0.15, -0.1) is 0 Å². The molecular formula is C17H15FN4O2. The third-order valence-corrected chi connectivity index (χ3v) is 3.32. The van der Waals surface area contributed by atoms with Gasteiger partial charge in [-0.3, -0.25) is 4.98 Å². The van der Waals surface area contributed by atoms with Crippen molar-refractivity contribution in [3.8, 4) is 11.3 Å². The molecule has 1 aromatic carbocycles. The molecule has 0 spiro atoms. The number of carbonyl (C=O) groups excluding carboxylic acids is 1. The van der Waals surface area contributed by atoms with E-state index < -0.39 is 17.9 Å². The first-order valence-electron chi connectivity index (χ1n) is 7.31. The van der Waals surface area contributed by atoms with Crippen LogP contribution in [0.15, 0.2) is 59.4 Å². The summed E-state index contributed by atoms with van der Waals surface area (Å²) in [6.07, 6.45) is 4.02. The number of carbonyl (C=O) groups is 1. The fourth-order valence-corrected chi connectivity index (χ4v) is 2.12. The van der Waals surface area contributed by atoms with Gasteiger partial charge in [0.15, 0.2) is 11.6 Å². The Kier molecular flexibility index (Phi) is 4.51. The molecule has 2 N–H and O–H groups in total. The normalized spacial score (nSPS) is 11.8. The summed E-state index contributed by atoms with van der Waals surface area (Å²) >= 11 is 0. The van der Waals surface area contributed by atoms with Gasteiger partial charge in [-0.25, -0.2) is 14.2 Å². The number of nitrogens with zero attached hydrogens (tertiary/aromatic N) is 2. The van der Waals surface area contributed by atoms with Gasteiger partial charge >= 0.3 is 6.03 Å². The zero-order valence-corrected chi connectivity index (χ0v) is 12.9. The molecule has 7 heteroatoms. The molecule has 0 fully saturated rings. The first kappa shape index (κ1) is 15.7. The van der Waals surface area contributed by atoms with Crippen LogP contribution < -0.4 is 10.6 Å². The van der Waals surface area contributed by atoms with E-state index in [1.807, 2.05) is 30.3 Å². The van der Waals surface area contributed by atoms with Gasteiger partial charge in [0.25, 0.3) is 0 Å². The molecule has 0 aliphatic rings. The van der Waals surface area contributed by atoms with Crippen molar-refractivity contribution in [2.24, 2.45) is 0 Å². The number of rotatable bonds is 4. The van der Waals surface area contributed by atoms with Crippen LogP contribution in [0.2, 0.25) is 0 Å². The molecule has 122 valence electrons.